The lowest BCUT2D eigenvalue weighted by Gasteiger charge is -2.18. The highest BCUT2D eigenvalue weighted by Crippen LogP contribution is 2.42. The fraction of sp³-hybridized carbons (Fsp3) is 0.739. The second-order valence-corrected chi connectivity index (χ2v) is 23.5. The molecular weight excluding hydrogens is 908 g/mol. The highest BCUT2D eigenvalue weighted by atomic mass is 31.2. The average molecular weight is 1030 g/mol. The number of aryl methyl sites for hydroxylation is 3. The van der Waals surface area contributed by atoms with Gasteiger partial charge in [0.1, 0.15) is 17.2 Å². The van der Waals surface area contributed by atoms with Crippen LogP contribution in [-0.2, 0) is 19.3 Å². The van der Waals surface area contributed by atoms with E-state index in [2.05, 4.69) is 93.6 Å². The van der Waals surface area contributed by atoms with Gasteiger partial charge in [0, 0.05) is 0 Å². The zero-order valence-electron chi connectivity index (χ0n) is 48.5. The molecule has 0 aromatic heterocycles. The Morgan fingerprint density at radius 2 is 0.356 bits per heavy atom. The number of unbranched alkanes of at least 4 members (excludes halogenated alkanes) is 42. The maximum atomic E-state index is 6.51. The standard InChI is InChI=1S/C69H117O3P/c1-4-7-10-13-16-19-22-25-28-31-34-37-40-43-46-49-64-52-58-67(59-53-64)70-73(71-68-60-54-65(55-61-68)50-47-44-41-38-35-32-29-26-23-20-17-14-11-8-5-2)72-69-62-56-66(57-63-69)51-48-45-42-39-36-33-30-27-24-21-18-15-12-9-6-3/h52-63H,4-51H2,1-3H3. The van der Waals surface area contributed by atoms with Gasteiger partial charge in [-0.3, -0.25) is 0 Å². The fourth-order valence-electron chi connectivity index (χ4n) is 10.6. The first kappa shape index (κ1) is 64.8. The largest absolute Gasteiger partial charge is 0.530 e. The SMILES string of the molecule is CCCCCCCCCCCCCCCCCc1ccc(OP(Oc2ccc(CCCCCCCCCCCCCCCCC)cc2)Oc2ccc(CCCCCCCCCCCCCCCCC)cc2)cc1. The lowest BCUT2D eigenvalue weighted by molar-refractivity contribution is 0.388. The van der Waals surface area contributed by atoms with Gasteiger partial charge in [0.15, 0.2) is 0 Å². The van der Waals surface area contributed by atoms with Crippen LogP contribution in [0.2, 0.25) is 0 Å². The average Bonchev–Trinajstić information content (AvgIpc) is 3.41. The van der Waals surface area contributed by atoms with Crippen molar-refractivity contribution in [1.82, 2.24) is 0 Å². The Morgan fingerprint density at radius 1 is 0.205 bits per heavy atom. The van der Waals surface area contributed by atoms with Crippen molar-refractivity contribution in [3.63, 3.8) is 0 Å². The zero-order valence-corrected chi connectivity index (χ0v) is 49.4. The van der Waals surface area contributed by atoms with Crippen LogP contribution in [0.1, 0.15) is 326 Å². The molecule has 0 atom stereocenters. The van der Waals surface area contributed by atoms with E-state index >= 15 is 0 Å². The molecule has 0 saturated heterocycles. The summed E-state index contributed by atoms with van der Waals surface area (Å²) in [6, 6.07) is 26.0. The van der Waals surface area contributed by atoms with E-state index in [1.54, 1.807) is 0 Å². The van der Waals surface area contributed by atoms with E-state index in [0.29, 0.717) is 0 Å². The minimum Gasteiger partial charge on any atom is -0.409 e. The van der Waals surface area contributed by atoms with E-state index in [9.17, 15) is 0 Å². The molecule has 0 aliphatic heterocycles. The van der Waals surface area contributed by atoms with Gasteiger partial charge in [0.2, 0.25) is 0 Å². The molecule has 3 aromatic rings. The van der Waals surface area contributed by atoms with Crippen molar-refractivity contribution >= 4 is 8.60 Å². The van der Waals surface area contributed by atoms with Gasteiger partial charge in [-0.25, -0.2) is 0 Å². The summed E-state index contributed by atoms with van der Waals surface area (Å²) in [5.74, 6) is 2.38. The summed E-state index contributed by atoms with van der Waals surface area (Å²) in [6.07, 6.45) is 66.4. The normalized spacial score (nSPS) is 11.5. The van der Waals surface area contributed by atoms with Crippen LogP contribution >= 0.6 is 8.60 Å². The van der Waals surface area contributed by atoms with Crippen molar-refractivity contribution in [2.45, 2.75) is 329 Å². The van der Waals surface area contributed by atoms with Gasteiger partial charge in [-0.2, -0.15) is 0 Å². The number of benzene rings is 3. The molecule has 0 unspecified atom stereocenters. The van der Waals surface area contributed by atoms with Crippen LogP contribution in [0.5, 0.6) is 17.2 Å². The van der Waals surface area contributed by atoms with Crippen LogP contribution < -0.4 is 13.6 Å². The zero-order chi connectivity index (χ0) is 51.6. The molecule has 73 heavy (non-hydrogen) atoms. The van der Waals surface area contributed by atoms with E-state index in [1.165, 1.54) is 306 Å². The third-order valence-electron chi connectivity index (χ3n) is 15.5. The highest BCUT2D eigenvalue weighted by molar-refractivity contribution is 7.43. The minimum atomic E-state index is -1.71. The van der Waals surface area contributed by atoms with Crippen molar-refractivity contribution in [3.05, 3.63) is 89.5 Å². The molecule has 0 saturated carbocycles. The molecule has 0 fully saturated rings. The lowest BCUT2D eigenvalue weighted by atomic mass is 10.0. The van der Waals surface area contributed by atoms with Crippen LogP contribution in [0.25, 0.3) is 0 Å². The van der Waals surface area contributed by atoms with Crippen LogP contribution in [-0.4, -0.2) is 0 Å². The van der Waals surface area contributed by atoms with Crippen LogP contribution in [0.4, 0.5) is 0 Å². The summed E-state index contributed by atoms with van der Waals surface area (Å²) in [7, 11) is -1.71. The second-order valence-electron chi connectivity index (χ2n) is 22.5. The molecular formula is C69H117O3P. The van der Waals surface area contributed by atoms with Crippen molar-refractivity contribution < 1.29 is 13.6 Å². The molecule has 0 N–H and O–H groups in total. The summed E-state index contributed by atoms with van der Waals surface area (Å²) in [4.78, 5) is 0. The third kappa shape index (κ3) is 38.7. The van der Waals surface area contributed by atoms with Gasteiger partial charge in [-0.1, -0.05) is 327 Å². The Hall–Kier alpha value is -2.51. The van der Waals surface area contributed by atoms with Crippen LogP contribution in [0, 0.1) is 0 Å². The maximum Gasteiger partial charge on any atom is 0.530 e. The Bertz CT molecular complexity index is 1380. The second kappa shape index (κ2) is 49.1. The van der Waals surface area contributed by atoms with Crippen molar-refractivity contribution in [2.24, 2.45) is 0 Å². The highest BCUT2D eigenvalue weighted by Gasteiger charge is 2.20. The predicted octanol–water partition coefficient (Wildman–Crippen LogP) is 24.7. The van der Waals surface area contributed by atoms with E-state index < -0.39 is 8.60 Å². The van der Waals surface area contributed by atoms with Gasteiger partial charge in [-0.15, -0.1) is 0 Å². The third-order valence-corrected chi connectivity index (χ3v) is 16.6. The van der Waals surface area contributed by atoms with Gasteiger partial charge in [-0.05, 0) is 91.6 Å². The van der Waals surface area contributed by atoms with E-state index in [4.69, 9.17) is 13.6 Å². The summed E-state index contributed by atoms with van der Waals surface area (Å²) in [6.45, 7) is 6.91. The van der Waals surface area contributed by atoms with Crippen LogP contribution in [0.15, 0.2) is 72.8 Å². The molecule has 0 aliphatic carbocycles. The number of rotatable bonds is 54. The number of hydrogen-bond acceptors (Lipinski definition) is 3. The first-order valence-corrected chi connectivity index (χ1v) is 33.4. The quantitative estimate of drug-likeness (QED) is 0.0417. The molecule has 0 amide bonds. The molecule has 416 valence electrons. The maximum absolute atomic E-state index is 6.51. The van der Waals surface area contributed by atoms with Gasteiger partial charge in [0.05, 0.1) is 0 Å². The monoisotopic (exact) mass is 1020 g/mol. The molecule has 0 heterocycles. The molecule has 3 nitrogen and oxygen atoms in total. The van der Waals surface area contributed by atoms with Crippen LogP contribution in [0.3, 0.4) is 0 Å². The first-order chi connectivity index (χ1) is 36.2. The molecule has 0 spiro atoms. The Labute approximate surface area is 455 Å². The van der Waals surface area contributed by atoms with Crippen molar-refractivity contribution in [3.8, 4) is 17.2 Å². The smallest absolute Gasteiger partial charge is 0.409 e. The Morgan fingerprint density at radius 3 is 0.521 bits per heavy atom. The minimum absolute atomic E-state index is 0.793. The fourth-order valence-corrected chi connectivity index (χ4v) is 11.6. The lowest BCUT2D eigenvalue weighted by Crippen LogP contribution is -2.03. The predicted molar refractivity (Wildman–Crippen MR) is 324 cm³/mol. The molecule has 3 rings (SSSR count). The summed E-state index contributed by atoms with van der Waals surface area (Å²) in [5, 5.41) is 0. The van der Waals surface area contributed by atoms with E-state index in [0.717, 1.165) is 36.5 Å². The van der Waals surface area contributed by atoms with Gasteiger partial charge >= 0.3 is 8.60 Å². The van der Waals surface area contributed by atoms with E-state index in [-0.39, 0.29) is 0 Å². The number of hydrogen-bond donors (Lipinski definition) is 0. The molecule has 0 bridgehead atoms. The van der Waals surface area contributed by atoms with Gasteiger partial charge < -0.3 is 13.6 Å². The van der Waals surface area contributed by atoms with Crippen molar-refractivity contribution in [1.29, 1.82) is 0 Å². The van der Waals surface area contributed by atoms with Crippen molar-refractivity contribution in [2.75, 3.05) is 0 Å². The molecule has 4 heteroatoms. The topological polar surface area (TPSA) is 27.7 Å². The molecule has 0 aliphatic rings. The van der Waals surface area contributed by atoms with E-state index in [1.807, 2.05) is 0 Å². The Kier molecular flexibility index (Phi) is 43.6. The first-order valence-electron chi connectivity index (χ1n) is 32.3. The molecule has 3 aromatic carbocycles. The van der Waals surface area contributed by atoms with Gasteiger partial charge in [0.25, 0.3) is 0 Å². The summed E-state index contributed by atoms with van der Waals surface area (Å²) < 4.78 is 19.5. The summed E-state index contributed by atoms with van der Waals surface area (Å²) >= 11 is 0. The summed E-state index contributed by atoms with van der Waals surface area (Å²) in [5.41, 5.74) is 4.13. The Balaban J connectivity index is 1.37. The molecule has 0 radical (unpaired) electrons.